The van der Waals surface area contributed by atoms with Crippen LogP contribution < -0.4 is 0 Å². The van der Waals surface area contributed by atoms with E-state index in [1.54, 1.807) is 0 Å². The van der Waals surface area contributed by atoms with Gasteiger partial charge < -0.3 is 4.74 Å². The van der Waals surface area contributed by atoms with Gasteiger partial charge in [0.05, 0.1) is 18.4 Å². The highest BCUT2D eigenvalue weighted by molar-refractivity contribution is 6.04. The topological polar surface area (TPSA) is 26.3 Å². The van der Waals surface area contributed by atoms with Crippen LogP contribution in [0.25, 0.3) is 0 Å². The normalized spacial score (nSPS) is 11.8. The van der Waals surface area contributed by atoms with Crippen molar-refractivity contribution in [1.82, 2.24) is 0 Å². The van der Waals surface area contributed by atoms with Gasteiger partial charge >= 0.3 is 6.18 Å². The Morgan fingerprint density at radius 2 is 1.89 bits per heavy atom. The van der Waals surface area contributed by atoms with E-state index in [-0.39, 0.29) is 11.3 Å². The molecule has 0 bridgehead atoms. The second-order valence-corrected chi connectivity index (χ2v) is 3.97. The van der Waals surface area contributed by atoms with Gasteiger partial charge in [0.1, 0.15) is 0 Å². The van der Waals surface area contributed by atoms with Gasteiger partial charge in [0, 0.05) is 11.6 Å². The van der Waals surface area contributed by atoms with E-state index in [0.717, 1.165) is 37.1 Å². The molecule has 0 unspecified atom stereocenters. The molecule has 1 aromatic carbocycles. The number of rotatable bonds is 6. The SMILES string of the molecule is CCCCOC=CC(=O)c1ccc(C(F)(F)F)cc1. The van der Waals surface area contributed by atoms with E-state index in [2.05, 4.69) is 0 Å². The molecule has 0 N–H and O–H groups in total. The first-order valence-corrected chi connectivity index (χ1v) is 5.95. The molecule has 1 rings (SSSR count). The van der Waals surface area contributed by atoms with E-state index < -0.39 is 11.7 Å². The van der Waals surface area contributed by atoms with Gasteiger partial charge in [-0.3, -0.25) is 4.79 Å². The van der Waals surface area contributed by atoms with Crippen LogP contribution in [0.2, 0.25) is 0 Å². The molecule has 0 fully saturated rings. The van der Waals surface area contributed by atoms with Gasteiger partial charge in [-0.1, -0.05) is 25.5 Å². The molecule has 1 aromatic rings. The molecule has 0 saturated carbocycles. The fraction of sp³-hybridized carbons (Fsp3) is 0.357. The van der Waals surface area contributed by atoms with Crippen LogP contribution in [0.1, 0.15) is 35.7 Å². The number of ether oxygens (including phenoxy) is 1. The van der Waals surface area contributed by atoms with Crippen molar-refractivity contribution in [2.75, 3.05) is 6.61 Å². The van der Waals surface area contributed by atoms with Crippen LogP contribution in [0.4, 0.5) is 13.2 Å². The summed E-state index contributed by atoms with van der Waals surface area (Å²) in [7, 11) is 0. The predicted octanol–water partition coefficient (Wildman–Crippen LogP) is 4.22. The van der Waals surface area contributed by atoms with Gasteiger partial charge in [-0.2, -0.15) is 13.2 Å². The van der Waals surface area contributed by atoms with Gasteiger partial charge in [0.15, 0.2) is 5.78 Å². The lowest BCUT2D eigenvalue weighted by Crippen LogP contribution is -2.05. The molecule has 0 saturated heterocycles. The minimum atomic E-state index is -4.39. The predicted molar refractivity (Wildman–Crippen MR) is 65.8 cm³/mol. The third-order valence-corrected chi connectivity index (χ3v) is 2.43. The van der Waals surface area contributed by atoms with Crippen molar-refractivity contribution in [2.45, 2.75) is 25.9 Å². The lowest BCUT2D eigenvalue weighted by Gasteiger charge is -2.06. The largest absolute Gasteiger partial charge is 0.501 e. The molecule has 0 aliphatic heterocycles. The van der Waals surface area contributed by atoms with E-state index in [1.807, 2.05) is 6.92 Å². The van der Waals surface area contributed by atoms with Crippen molar-refractivity contribution in [3.05, 3.63) is 47.7 Å². The molecule has 5 heteroatoms. The number of allylic oxidation sites excluding steroid dienone is 1. The zero-order valence-corrected chi connectivity index (χ0v) is 10.5. The zero-order valence-electron chi connectivity index (χ0n) is 10.5. The van der Waals surface area contributed by atoms with Crippen molar-refractivity contribution in [3.8, 4) is 0 Å². The minimum Gasteiger partial charge on any atom is -0.501 e. The molecule has 104 valence electrons. The van der Waals surface area contributed by atoms with Gasteiger partial charge in [-0.05, 0) is 18.6 Å². The molecular formula is C14H15F3O2. The number of hydrogen-bond donors (Lipinski definition) is 0. The van der Waals surface area contributed by atoms with E-state index in [9.17, 15) is 18.0 Å². The van der Waals surface area contributed by atoms with Crippen molar-refractivity contribution in [2.24, 2.45) is 0 Å². The molecule has 0 amide bonds. The fourth-order valence-corrected chi connectivity index (χ4v) is 1.33. The maximum absolute atomic E-state index is 12.3. The average molecular weight is 272 g/mol. The van der Waals surface area contributed by atoms with Crippen LogP contribution in [-0.4, -0.2) is 12.4 Å². The van der Waals surface area contributed by atoms with E-state index in [4.69, 9.17) is 4.74 Å². The van der Waals surface area contributed by atoms with Crippen molar-refractivity contribution >= 4 is 5.78 Å². The van der Waals surface area contributed by atoms with Gasteiger partial charge in [0.2, 0.25) is 0 Å². The molecule has 0 aliphatic carbocycles. The van der Waals surface area contributed by atoms with E-state index in [1.165, 1.54) is 12.3 Å². The third-order valence-electron chi connectivity index (χ3n) is 2.43. The summed E-state index contributed by atoms with van der Waals surface area (Å²) in [6.07, 6.45) is -0.0336. The standard InChI is InChI=1S/C14H15F3O2/c1-2-3-9-19-10-8-13(18)11-4-6-12(7-5-11)14(15,16)17/h4-8,10H,2-3,9H2,1H3. The summed E-state index contributed by atoms with van der Waals surface area (Å²) >= 11 is 0. The quantitative estimate of drug-likeness (QED) is 0.335. The van der Waals surface area contributed by atoms with Crippen molar-refractivity contribution in [1.29, 1.82) is 0 Å². The summed E-state index contributed by atoms with van der Waals surface area (Å²) < 4.78 is 42.0. The van der Waals surface area contributed by atoms with Crippen LogP contribution in [0, 0.1) is 0 Å². The monoisotopic (exact) mass is 272 g/mol. The average Bonchev–Trinajstić information content (AvgIpc) is 2.37. The number of benzene rings is 1. The number of ketones is 1. The molecule has 0 atom stereocenters. The number of carbonyl (C=O) groups excluding carboxylic acids is 1. The first-order valence-electron chi connectivity index (χ1n) is 5.95. The Kier molecular flexibility index (Phi) is 5.60. The highest BCUT2D eigenvalue weighted by Crippen LogP contribution is 2.29. The van der Waals surface area contributed by atoms with Gasteiger partial charge in [-0.15, -0.1) is 0 Å². The first kappa shape index (κ1) is 15.3. The van der Waals surface area contributed by atoms with Crippen molar-refractivity contribution < 1.29 is 22.7 Å². The first-order chi connectivity index (χ1) is 8.95. The lowest BCUT2D eigenvalue weighted by atomic mass is 10.1. The summed E-state index contributed by atoms with van der Waals surface area (Å²) in [6, 6.07) is 4.08. The molecular weight excluding hydrogens is 257 g/mol. The summed E-state index contributed by atoms with van der Waals surface area (Å²) in [5.41, 5.74) is -0.574. The molecule has 0 radical (unpaired) electrons. The molecule has 0 aromatic heterocycles. The number of alkyl halides is 3. The summed E-state index contributed by atoms with van der Waals surface area (Å²) in [5, 5.41) is 0. The number of hydrogen-bond acceptors (Lipinski definition) is 2. The second-order valence-electron chi connectivity index (χ2n) is 3.97. The molecule has 0 spiro atoms. The highest BCUT2D eigenvalue weighted by atomic mass is 19.4. The van der Waals surface area contributed by atoms with Crippen LogP contribution in [0.15, 0.2) is 36.6 Å². The lowest BCUT2D eigenvalue weighted by molar-refractivity contribution is -0.137. The highest BCUT2D eigenvalue weighted by Gasteiger charge is 2.30. The number of unbranched alkanes of at least 4 members (excludes halogenated alkanes) is 1. The Balaban J connectivity index is 2.58. The van der Waals surface area contributed by atoms with Crippen LogP contribution >= 0.6 is 0 Å². The number of carbonyl (C=O) groups is 1. The molecule has 19 heavy (non-hydrogen) atoms. The second kappa shape index (κ2) is 6.97. The van der Waals surface area contributed by atoms with Crippen LogP contribution in [-0.2, 0) is 10.9 Å². The zero-order chi connectivity index (χ0) is 14.3. The molecule has 0 heterocycles. The Morgan fingerprint density at radius 1 is 1.26 bits per heavy atom. The number of halogens is 3. The van der Waals surface area contributed by atoms with E-state index in [0.29, 0.717) is 6.61 Å². The smallest absolute Gasteiger partial charge is 0.416 e. The van der Waals surface area contributed by atoms with Crippen LogP contribution in [0.5, 0.6) is 0 Å². The maximum atomic E-state index is 12.3. The Labute approximate surface area is 109 Å². The van der Waals surface area contributed by atoms with Crippen molar-refractivity contribution in [3.63, 3.8) is 0 Å². The Hall–Kier alpha value is -1.78. The Bertz CT molecular complexity index is 433. The van der Waals surface area contributed by atoms with Crippen LogP contribution in [0.3, 0.4) is 0 Å². The summed E-state index contributed by atoms with van der Waals surface area (Å²) in [5.74, 6) is -0.384. The van der Waals surface area contributed by atoms with Gasteiger partial charge in [0.25, 0.3) is 0 Å². The van der Waals surface area contributed by atoms with Gasteiger partial charge in [-0.25, -0.2) is 0 Å². The summed E-state index contributed by atoms with van der Waals surface area (Å²) in [4.78, 5) is 11.6. The Morgan fingerprint density at radius 3 is 2.42 bits per heavy atom. The minimum absolute atomic E-state index is 0.198. The molecule has 2 nitrogen and oxygen atoms in total. The third kappa shape index (κ3) is 5.16. The fourth-order valence-electron chi connectivity index (χ4n) is 1.33. The maximum Gasteiger partial charge on any atom is 0.416 e. The summed E-state index contributed by atoms with van der Waals surface area (Å²) in [6.45, 7) is 2.54. The van der Waals surface area contributed by atoms with E-state index >= 15 is 0 Å². The molecule has 0 aliphatic rings.